The van der Waals surface area contributed by atoms with Crippen LogP contribution < -0.4 is 11.5 Å². The van der Waals surface area contributed by atoms with E-state index in [0.717, 1.165) is 28.9 Å². The molecule has 0 spiro atoms. The van der Waals surface area contributed by atoms with Gasteiger partial charge in [0.25, 0.3) is 0 Å². The van der Waals surface area contributed by atoms with Gasteiger partial charge in [0.15, 0.2) is 5.58 Å². The van der Waals surface area contributed by atoms with Crippen LogP contribution in [0.3, 0.4) is 0 Å². The second-order valence-corrected chi connectivity index (χ2v) is 4.38. The second-order valence-electron chi connectivity index (χ2n) is 4.38. The minimum atomic E-state index is -0.364. The largest absolute Gasteiger partial charge is 0.419 e. The number of imidazole rings is 1. The van der Waals surface area contributed by atoms with Crippen molar-refractivity contribution in [3.8, 4) is 11.3 Å². The Morgan fingerprint density at radius 1 is 1.47 bits per heavy atom. The number of nitrogens with two attached hydrogens (primary N) is 1. The van der Waals surface area contributed by atoms with Gasteiger partial charge in [-0.2, -0.15) is 0 Å². The zero-order valence-electron chi connectivity index (χ0n) is 10.5. The van der Waals surface area contributed by atoms with Crippen molar-refractivity contribution in [1.29, 1.82) is 0 Å². The molecular weight excluding hydrogens is 244 g/mol. The molecule has 0 fully saturated rings. The smallest absolute Gasteiger partial charge is 0.408 e. The topological polar surface area (TPSA) is 89.8 Å². The fourth-order valence-electron chi connectivity index (χ4n) is 2.18. The molecule has 0 aliphatic rings. The third-order valence-electron chi connectivity index (χ3n) is 3.18. The predicted octanol–water partition coefficient (Wildman–Crippen LogP) is 1.02. The third-order valence-corrected chi connectivity index (χ3v) is 3.18. The van der Waals surface area contributed by atoms with Gasteiger partial charge in [-0.3, -0.25) is 4.57 Å². The lowest BCUT2D eigenvalue weighted by Gasteiger charge is -2.02. The van der Waals surface area contributed by atoms with Crippen molar-refractivity contribution in [2.24, 2.45) is 12.8 Å². The van der Waals surface area contributed by atoms with E-state index in [0.29, 0.717) is 12.1 Å². The van der Waals surface area contributed by atoms with E-state index in [2.05, 4.69) is 9.97 Å². The Kier molecular flexibility index (Phi) is 2.72. The van der Waals surface area contributed by atoms with Gasteiger partial charge in [-0.05, 0) is 24.7 Å². The summed E-state index contributed by atoms with van der Waals surface area (Å²) < 4.78 is 6.59. The van der Waals surface area contributed by atoms with Gasteiger partial charge in [0, 0.05) is 24.7 Å². The number of aromatic nitrogens is 3. The summed E-state index contributed by atoms with van der Waals surface area (Å²) in [5.41, 5.74) is 9.70. The highest BCUT2D eigenvalue weighted by Gasteiger charge is 2.11. The molecule has 19 heavy (non-hydrogen) atoms. The number of benzene rings is 1. The van der Waals surface area contributed by atoms with Gasteiger partial charge < -0.3 is 15.1 Å². The predicted molar refractivity (Wildman–Crippen MR) is 71.8 cm³/mol. The minimum absolute atomic E-state index is 0.364. The molecule has 0 saturated carbocycles. The lowest BCUT2D eigenvalue weighted by molar-refractivity contribution is 0.528. The highest BCUT2D eigenvalue weighted by molar-refractivity contribution is 5.80. The summed E-state index contributed by atoms with van der Waals surface area (Å²) in [5.74, 6) is -0.364. The molecular formula is C13H14N4O2. The van der Waals surface area contributed by atoms with E-state index < -0.39 is 0 Å². The first-order valence-corrected chi connectivity index (χ1v) is 6.03. The summed E-state index contributed by atoms with van der Waals surface area (Å²) in [6.07, 6.45) is 2.39. The molecule has 6 heteroatoms. The summed E-state index contributed by atoms with van der Waals surface area (Å²) in [6, 6.07) is 5.57. The van der Waals surface area contributed by atoms with Crippen LogP contribution in [-0.4, -0.2) is 21.1 Å². The van der Waals surface area contributed by atoms with Crippen LogP contribution in [0.4, 0.5) is 0 Å². The Morgan fingerprint density at radius 3 is 3.11 bits per heavy atom. The van der Waals surface area contributed by atoms with Gasteiger partial charge in [-0.15, -0.1) is 0 Å². The van der Waals surface area contributed by atoms with E-state index >= 15 is 0 Å². The van der Waals surface area contributed by atoms with E-state index in [1.54, 1.807) is 19.4 Å². The number of aryl methyl sites for hydroxylation is 1. The molecule has 0 aliphatic heterocycles. The Hall–Kier alpha value is -2.34. The maximum absolute atomic E-state index is 11.5. The zero-order chi connectivity index (χ0) is 13.4. The molecule has 0 bridgehead atoms. The standard InChI is InChI=1S/C13H14N4O2/c1-17-10-6-8(2-3-11(10)19-13(17)18)12-9(4-5-14)15-7-16-12/h2-3,6-7H,4-5,14H2,1H3,(H,15,16). The van der Waals surface area contributed by atoms with Crippen molar-refractivity contribution < 1.29 is 4.42 Å². The zero-order valence-corrected chi connectivity index (χ0v) is 10.5. The van der Waals surface area contributed by atoms with Gasteiger partial charge in [0.05, 0.1) is 17.5 Å². The van der Waals surface area contributed by atoms with E-state index in [4.69, 9.17) is 10.2 Å². The number of oxazole rings is 1. The molecule has 0 atom stereocenters. The first-order valence-electron chi connectivity index (χ1n) is 6.03. The molecule has 98 valence electrons. The van der Waals surface area contributed by atoms with Crippen LogP contribution in [0.5, 0.6) is 0 Å². The van der Waals surface area contributed by atoms with Crippen LogP contribution in [0.2, 0.25) is 0 Å². The van der Waals surface area contributed by atoms with Gasteiger partial charge in [0.1, 0.15) is 0 Å². The number of H-pyrrole nitrogens is 1. The number of aromatic amines is 1. The Bertz CT molecular complexity index is 781. The van der Waals surface area contributed by atoms with Gasteiger partial charge in [-0.1, -0.05) is 0 Å². The minimum Gasteiger partial charge on any atom is -0.408 e. The molecule has 1 aromatic carbocycles. The number of rotatable bonds is 3. The molecule has 6 nitrogen and oxygen atoms in total. The second kappa shape index (κ2) is 4.40. The monoisotopic (exact) mass is 258 g/mol. The van der Waals surface area contributed by atoms with Crippen molar-refractivity contribution in [1.82, 2.24) is 14.5 Å². The summed E-state index contributed by atoms with van der Waals surface area (Å²) in [4.78, 5) is 18.9. The van der Waals surface area contributed by atoms with Crippen LogP contribution in [0.25, 0.3) is 22.4 Å². The van der Waals surface area contributed by atoms with Crippen molar-refractivity contribution in [2.45, 2.75) is 6.42 Å². The maximum atomic E-state index is 11.5. The molecule has 3 N–H and O–H groups in total. The van der Waals surface area contributed by atoms with Crippen LogP contribution in [-0.2, 0) is 13.5 Å². The maximum Gasteiger partial charge on any atom is 0.419 e. The first-order chi connectivity index (χ1) is 9.20. The molecule has 0 aliphatic carbocycles. The van der Waals surface area contributed by atoms with E-state index in [9.17, 15) is 4.79 Å². The highest BCUT2D eigenvalue weighted by Crippen LogP contribution is 2.24. The Labute approximate surface area is 108 Å². The van der Waals surface area contributed by atoms with Gasteiger partial charge in [-0.25, -0.2) is 9.78 Å². The highest BCUT2D eigenvalue weighted by atomic mass is 16.4. The molecule has 2 aromatic heterocycles. The lowest BCUT2D eigenvalue weighted by Crippen LogP contribution is -2.08. The van der Waals surface area contributed by atoms with Crippen LogP contribution >= 0.6 is 0 Å². The number of fused-ring (bicyclic) bond motifs is 1. The summed E-state index contributed by atoms with van der Waals surface area (Å²) in [7, 11) is 1.68. The normalized spacial score (nSPS) is 11.3. The van der Waals surface area contributed by atoms with E-state index in [-0.39, 0.29) is 5.76 Å². The van der Waals surface area contributed by atoms with Crippen LogP contribution in [0.1, 0.15) is 5.69 Å². The molecule has 3 rings (SSSR count). The van der Waals surface area contributed by atoms with Crippen LogP contribution in [0, 0.1) is 0 Å². The van der Waals surface area contributed by atoms with Crippen LogP contribution in [0.15, 0.2) is 33.7 Å². The number of nitrogens with zero attached hydrogens (tertiary/aromatic N) is 2. The quantitative estimate of drug-likeness (QED) is 0.734. The lowest BCUT2D eigenvalue weighted by atomic mass is 10.1. The number of nitrogens with one attached hydrogen (secondary N) is 1. The number of hydrogen-bond acceptors (Lipinski definition) is 4. The van der Waals surface area contributed by atoms with Crippen molar-refractivity contribution >= 4 is 11.1 Å². The SMILES string of the molecule is Cn1c(=O)oc2ccc(-c3nc[nH]c3CCN)cc21. The van der Waals surface area contributed by atoms with Gasteiger partial charge >= 0.3 is 5.76 Å². The first kappa shape index (κ1) is 11.7. The summed E-state index contributed by atoms with van der Waals surface area (Å²) in [5, 5.41) is 0. The van der Waals surface area contributed by atoms with Crippen molar-refractivity contribution in [3.05, 3.63) is 40.8 Å². The average Bonchev–Trinajstić information content (AvgIpc) is 2.96. The fraction of sp³-hybridized carbons (Fsp3) is 0.231. The Morgan fingerprint density at radius 2 is 2.32 bits per heavy atom. The third kappa shape index (κ3) is 1.86. The van der Waals surface area contributed by atoms with Crippen molar-refractivity contribution in [2.75, 3.05) is 6.54 Å². The summed E-state index contributed by atoms with van der Waals surface area (Å²) >= 11 is 0. The molecule has 0 unspecified atom stereocenters. The average molecular weight is 258 g/mol. The Balaban J connectivity index is 2.17. The molecule has 0 amide bonds. The van der Waals surface area contributed by atoms with E-state index in [1.165, 1.54) is 4.57 Å². The molecule has 0 saturated heterocycles. The molecule has 2 heterocycles. The van der Waals surface area contributed by atoms with E-state index in [1.807, 2.05) is 12.1 Å². The summed E-state index contributed by atoms with van der Waals surface area (Å²) in [6.45, 7) is 0.557. The fourth-order valence-corrected chi connectivity index (χ4v) is 2.18. The molecule has 0 radical (unpaired) electrons. The molecule has 3 aromatic rings. The number of hydrogen-bond donors (Lipinski definition) is 2. The van der Waals surface area contributed by atoms with Gasteiger partial charge in [0.2, 0.25) is 0 Å². The van der Waals surface area contributed by atoms with Crippen molar-refractivity contribution in [3.63, 3.8) is 0 Å².